The number of benzene rings is 3. The molecule has 0 amide bonds. The second-order valence-electron chi connectivity index (χ2n) is 11.4. The molecule has 0 bridgehead atoms. The Morgan fingerprint density at radius 1 is 0.955 bits per heavy atom. The molecular weight excluding hydrogens is 571 g/mol. The maximum Gasteiger partial charge on any atom is 0.429 e. The van der Waals surface area contributed by atoms with Crippen molar-refractivity contribution in [1.29, 1.82) is 0 Å². The Kier molecular flexibility index (Phi) is 7.89. The Morgan fingerprint density at radius 3 is 2.07 bits per heavy atom. The first-order valence-corrected chi connectivity index (χ1v) is 14.4. The van der Waals surface area contributed by atoms with Gasteiger partial charge in [0.15, 0.2) is 0 Å². The van der Waals surface area contributed by atoms with Crippen LogP contribution in [0.3, 0.4) is 0 Å². The molecule has 4 aromatic rings. The van der Waals surface area contributed by atoms with Gasteiger partial charge in [0, 0.05) is 31.3 Å². The van der Waals surface area contributed by atoms with E-state index in [1.165, 1.54) is 6.07 Å². The van der Waals surface area contributed by atoms with Crippen LogP contribution in [-0.2, 0) is 4.79 Å². The van der Waals surface area contributed by atoms with Crippen LogP contribution < -0.4 is 20.7 Å². The Morgan fingerprint density at radius 2 is 1.55 bits per heavy atom. The summed E-state index contributed by atoms with van der Waals surface area (Å²) in [5, 5.41) is 12.5. The maximum atomic E-state index is 15.0. The molecule has 8 nitrogen and oxygen atoms in total. The zero-order valence-electron chi connectivity index (χ0n) is 23.8. The van der Waals surface area contributed by atoms with Gasteiger partial charge in [-0.15, -0.1) is 0 Å². The molecule has 2 unspecified atom stereocenters. The molecule has 2 atom stereocenters. The number of alkyl halides is 3. The number of hydrogen-bond donors (Lipinski definition) is 3. The first-order valence-electron chi connectivity index (χ1n) is 14.4. The Hall–Kier alpha value is -4.64. The summed E-state index contributed by atoms with van der Waals surface area (Å²) in [6.45, 7) is 1.69. The second kappa shape index (κ2) is 11.8. The number of nitrogens with one attached hydrogen (secondary N) is 1. The summed E-state index contributed by atoms with van der Waals surface area (Å²) < 4.78 is 50.9. The number of hydrogen-bond acceptors (Lipinski definition) is 7. The van der Waals surface area contributed by atoms with E-state index >= 15 is 13.2 Å². The Bertz CT molecular complexity index is 1570. The number of nitrogens with zero attached hydrogens (tertiary/aromatic N) is 3. The third-order valence-corrected chi connectivity index (χ3v) is 8.59. The van der Waals surface area contributed by atoms with E-state index < -0.39 is 24.3 Å². The number of carboxylic acids is 1. The van der Waals surface area contributed by atoms with E-state index in [2.05, 4.69) is 15.3 Å². The van der Waals surface area contributed by atoms with Crippen molar-refractivity contribution in [3.05, 3.63) is 90.5 Å². The van der Waals surface area contributed by atoms with Crippen LogP contribution in [-0.4, -0.2) is 52.9 Å². The molecule has 4 N–H and O–H groups in total. The van der Waals surface area contributed by atoms with Gasteiger partial charge in [0.05, 0.1) is 0 Å². The maximum absolute atomic E-state index is 15.0. The fourth-order valence-corrected chi connectivity index (χ4v) is 6.33. The van der Waals surface area contributed by atoms with Crippen LogP contribution in [0.25, 0.3) is 22.3 Å². The highest BCUT2D eigenvalue weighted by atomic mass is 19.4. The zero-order valence-corrected chi connectivity index (χ0v) is 23.8. The van der Waals surface area contributed by atoms with Gasteiger partial charge < -0.3 is 25.8 Å². The fourth-order valence-electron chi connectivity index (χ4n) is 6.33. The van der Waals surface area contributed by atoms with E-state index in [1.807, 2.05) is 17.0 Å². The number of nitrogens with two attached hydrogens (primary N) is 1. The highest BCUT2D eigenvalue weighted by molar-refractivity contribution is 5.79. The van der Waals surface area contributed by atoms with Gasteiger partial charge in [0.25, 0.3) is 0 Å². The van der Waals surface area contributed by atoms with Crippen LogP contribution in [0.1, 0.15) is 30.9 Å². The number of halogens is 3. The molecule has 2 fully saturated rings. The Balaban J connectivity index is 1.35. The number of rotatable bonds is 7. The number of anilines is 2. The van der Waals surface area contributed by atoms with Crippen molar-refractivity contribution in [1.82, 2.24) is 15.3 Å². The number of piperidine rings is 1. The minimum absolute atomic E-state index is 0.0298. The average Bonchev–Trinajstić information content (AvgIpc) is 3.44. The minimum atomic E-state index is -4.80. The summed E-state index contributed by atoms with van der Waals surface area (Å²) in [6.07, 6.45) is -5.21. The average molecular weight is 604 g/mol. The molecule has 0 radical (unpaired) electrons. The van der Waals surface area contributed by atoms with Crippen LogP contribution >= 0.6 is 0 Å². The lowest BCUT2D eigenvalue weighted by Gasteiger charge is -2.39. The SMILES string of the molecule is Nc1nc(OC(c2c(-c3ccccc3)cccc2-c2ccccc2)C(F)(F)F)cc(N2CCC3(CC2)CNC(C(=O)O)C3)n1. The van der Waals surface area contributed by atoms with Crippen molar-refractivity contribution < 1.29 is 27.8 Å². The van der Waals surface area contributed by atoms with Crippen LogP contribution in [0.2, 0.25) is 0 Å². The molecule has 1 spiro atoms. The van der Waals surface area contributed by atoms with Crippen molar-refractivity contribution in [3.63, 3.8) is 0 Å². The number of aromatic nitrogens is 2. The third kappa shape index (κ3) is 6.05. The van der Waals surface area contributed by atoms with Gasteiger partial charge >= 0.3 is 12.1 Å². The van der Waals surface area contributed by atoms with Gasteiger partial charge in [-0.2, -0.15) is 23.1 Å². The molecule has 11 heteroatoms. The molecule has 3 heterocycles. The molecule has 228 valence electrons. The molecule has 2 aliphatic rings. The summed E-state index contributed by atoms with van der Waals surface area (Å²) >= 11 is 0. The summed E-state index contributed by atoms with van der Waals surface area (Å²) in [7, 11) is 0. The standard InChI is InChI=1S/C33H32F3N5O3/c34-33(35,36)29(28-23(21-8-3-1-4-9-21)12-7-13-24(28)22-10-5-2-6-11-22)44-27-18-26(39-31(37)40-27)41-16-14-32(15-17-41)19-25(30(42)43)38-20-32/h1-13,18,25,29,38H,14-17,19-20H2,(H,42,43)(H2,37,39,40). The predicted octanol–water partition coefficient (Wildman–Crippen LogP) is 6.11. The van der Waals surface area contributed by atoms with E-state index in [0.717, 1.165) is 0 Å². The van der Waals surface area contributed by atoms with Gasteiger partial charge in [-0.05, 0) is 46.9 Å². The van der Waals surface area contributed by atoms with Gasteiger partial charge in [0.1, 0.15) is 11.9 Å². The van der Waals surface area contributed by atoms with Gasteiger partial charge in [-0.1, -0.05) is 78.9 Å². The molecule has 3 aromatic carbocycles. The monoisotopic (exact) mass is 603 g/mol. The van der Waals surface area contributed by atoms with E-state index in [4.69, 9.17) is 10.5 Å². The molecule has 2 saturated heterocycles. The van der Waals surface area contributed by atoms with Crippen molar-refractivity contribution in [2.75, 3.05) is 30.3 Å². The topological polar surface area (TPSA) is 114 Å². The molecule has 1 aromatic heterocycles. The van der Waals surface area contributed by atoms with Gasteiger partial charge in [-0.25, -0.2) is 0 Å². The number of ether oxygens (including phenoxy) is 1. The van der Waals surface area contributed by atoms with Crippen molar-refractivity contribution in [3.8, 4) is 28.1 Å². The molecule has 6 rings (SSSR count). The van der Waals surface area contributed by atoms with Crippen LogP contribution in [0, 0.1) is 5.41 Å². The minimum Gasteiger partial charge on any atom is -0.480 e. The van der Waals surface area contributed by atoms with Crippen molar-refractivity contribution in [2.24, 2.45) is 5.41 Å². The molecule has 0 saturated carbocycles. The third-order valence-electron chi connectivity index (χ3n) is 8.59. The number of aliphatic carboxylic acids is 1. The van der Waals surface area contributed by atoms with Crippen molar-refractivity contribution >= 4 is 17.7 Å². The van der Waals surface area contributed by atoms with Crippen molar-refractivity contribution in [2.45, 2.75) is 37.6 Å². The normalized spacial score (nSPS) is 18.7. The van der Waals surface area contributed by atoms with Crippen LogP contribution in [0.4, 0.5) is 24.9 Å². The van der Waals surface area contributed by atoms with E-state index in [1.54, 1.807) is 66.7 Å². The smallest absolute Gasteiger partial charge is 0.429 e. The number of nitrogen functional groups attached to an aromatic ring is 1. The van der Waals surface area contributed by atoms with Crippen LogP contribution in [0.5, 0.6) is 5.88 Å². The largest absolute Gasteiger partial charge is 0.480 e. The lowest BCUT2D eigenvalue weighted by molar-refractivity contribution is -0.198. The predicted molar refractivity (Wildman–Crippen MR) is 161 cm³/mol. The fraction of sp³-hybridized carbons (Fsp3) is 0.303. The van der Waals surface area contributed by atoms with E-state index in [0.29, 0.717) is 67.0 Å². The molecular formula is C33H32F3N5O3. The second-order valence-corrected chi connectivity index (χ2v) is 11.4. The van der Waals surface area contributed by atoms with Crippen LogP contribution in [0.15, 0.2) is 84.9 Å². The molecule has 2 aliphatic heterocycles. The lowest BCUT2D eigenvalue weighted by atomic mass is 9.76. The van der Waals surface area contributed by atoms with Gasteiger partial charge in [-0.3, -0.25) is 4.79 Å². The highest BCUT2D eigenvalue weighted by Gasteiger charge is 2.46. The molecule has 44 heavy (non-hydrogen) atoms. The summed E-state index contributed by atoms with van der Waals surface area (Å²) in [4.78, 5) is 21.8. The zero-order chi connectivity index (χ0) is 30.9. The van der Waals surface area contributed by atoms with Gasteiger partial charge in [0.2, 0.25) is 17.9 Å². The van der Waals surface area contributed by atoms with E-state index in [-0.39, 0.29) is 22.8 Å². The molecule has 0 aliphatic carbocycles. The van der Waals surface area contributed by atoms with E-state index in [9.17, 15) is 9.90 Å². The first-order chi connectivity index (χ1) is 21.1. The summed E-state index contributed by atoms with van der Waals surface area (Å²) in [6, 6.07) is 23.7. The number of carbonyl (C=O) groups is 1. The summed E-state index contributed by atoms with van der Waals surface area (Å²) in [5.74, 6) is -0.987. The quantitative estimate of drug-likeness (QED) is 0.232. The highest BCUT2D eigenvalue weighted by Crippen LogP contribution is 2.46. The summed E-state index contributed by atoms with van der Waals surface area (Å²) in [5.41, 5.74) is 7.86. The number of carboxylic acid groups (broad SMARTS) is 1. The Labute approximate surface area is 252 Å². The lowest BCUT2D eigenvalue weighted by Crippen LogP contribution is -2.41. The first kappa shape index (κ1) is 29.4.